The van der Waals surface area contributed by atoms with E-state index in [1.165, 1.54) is 5.56 Å². The number of morpholine rings is 1. The lowest BCUT2D eigenvalue weighted by molar-refractivity contribution is -0.134. The van der Waals surface area contributed by atoms with E-state index in [-0.39, 0.29) is 0 Å². The number of carboxylic acids is 2. The highest BCUT2D eigenvalue weighted by molar-refractivity contribution is 7.99. The normalized spacial score (nSPS) is 16.6. The van der Waals surface area contributed by atoms with Crippen molar-refractivity contribution in [2.75, 3.05) is 25.5 Å². The number of aliphatic carboxylic acids is 2. The molecule has 0 aliphatic carbocycles. The first-order chi connectivity index (χ1) is 15.5. The van der Waals surface area contributed by atoms with Gasteiger partial charge in [0.2, 0.25) is 0 Å². The van der Waals surface area contributed by atoms with Gasteiger partial charge in [-0.25, -0.2) is 9.59 Å². The third kappa shape index (κ3) is 7.19. The van der Waals surface area contributed by atoms with Crippen molar-refractivity contribution in [3.8, 4) is 0 Å². The Balaban J connectivity index is 0.000000312. The number of thioether (sulfide) groups is 1. The fourth-order valence-electron chi connectivity index (χ4n) is 3.10. The Morgan fingerprint density at radius 2 is 1.78 bits per heavy atom. The van der Waals surface area contributed by atoms with Crippen molar-refractivity contribution in [3.05, 3.63) is 72.4 Å². The zero-order chi connectivity index (χ0) is 22.8. The number of rotatable bonds is 7. The fourth-order valence-corrected chi connectivity index (χ4v) is 4.14. The van der Waals surface area contributed by atoms with Gasteiger partial charge in [-0.2, -0.15) is 0 Å². The molecular formula is C22H24N4O5S. The third-order valence-corrected chi connectivity index (χ3v) is 5.72. The van der Waals surface area contributed by atoms with E-state index in [9.17, 15) is 9.59 Å². The monoisotopic (exact) mass is 456 g/mol. The quantitative estimate of drug-likeness (QED) is 0.408. The SMILES string of the molecule is O=C(O)/C=C\C(=O)O.c1ccc(CN2CCOCC2CSc2nnc3ccccn23)cc1. The van der Waals surface area contributed by atoms with Crippen LogP contribution in [0.3, 0.4) is 0 Å². The molecule has 168 valence electrons. The standard InChI is InChI=1S/C18H20N4OS.C4H4O4/c1-2-6-15(7-3-1)12-21-10-11-23-13-16(21)14-24-18-20-19-17-8-4-5-9-22(17)18;5-3(6)1-2-4(7)8/h1-9,16H,10-14H2;1-2H,(H,5,6)(H,7,8)/b;2-1-. The van der Waals surface area contributed by atoms with Crippen molar-refractivity contribution in [2.45, 2.75) is 17.7 Å². The van der Waals surface area contributed by atoms with Gasteiger partial charge in [0.1, 0.15) is 0 Å². The summed E-state index contributed by atoms with van der Waals surface area (Å²) in [5.74, 6) is -1.57. The first kappa shape index (κ1) is 23.5. The Hall–Kier alpha value is -3.21. The maximum absolute atomic E-state index is 9.55. The highest BCUT2D eigenvalue weighted by atomic mass is 32.2. The Morgan fingerprint density at radius 1 is 1.06 bits per heavy atom. The van der Waals surface area contributed by atoms with Gasteiger partial charge in [0.05, 0.1) is 13.2 Å². The largest absolute Gasteiger partial charge is 0.478 e. The number of hydrogen-bond acceptors (Lipinski definition) is 7. The van der Waals surface area contributed by atoms with Crippen LogP contribution in [0.15, 0.2) is 72.0 Å². The van der Waals surface area contributed by atoms with Crippen molar-refractivity contribution >= 4 is 29.3 Å². The molecule has 4 rings (SSSR count). The molecule has 3 aromatic rings. The number of fused-ring (bicyclic) bond motifs is 1. The molecule has 1 aliphatic heterocycles. The van der Waals surface area contributed by atoms with Gasteiger partial charge < -0.3 is 14.9 Å². The van der Waals surface area contributed by atoms with Crippen LogP contribution in [0.4, 0.5) is 0 Å². The average molecular weight is 457 g/mol. The first-order valence-electron chi connectivity index (χ1n) is 9.95. The number of carbonyl (C=O) groups is 2. The molecule has 1 unspecified atom stereocenters. The van der Waals surface area contributed by atoms with E-state index in [0.717, 1.165) is 42.9 Å². The van der Waals surface area contributed by atoms with Gasteiger partial charge in [-0.15, -0.1) is 10.2 Å². The van der Waals surface area contributed by atoms with E-state index in [4.69, 9.17) is 14.9 Å². The minimum Gasteiger partial charge on any atom is -0.478 e. The number of hydrogen-bond donors (Lipinski definition) is 2. The van der Waals surface area contributed by atoms with E-state index < -0.39 is 11.9 Å². The molecule has 32 heavy (non-hydrogen) atoms. The van der Waals surface area contributed by atoms with Crippen LogP contribution in [0.1, 0.15) is 5.56 Å². The van der Waals surface area contributed by atoms with Gasteiger partial charge in [0.25, 0.3) is 0 Å². The summed E-state index contributed by atoms with van der Waals surface area (Å²) in [6, 6.07) is 17.0. The molecule has 0 spiro atoms. The van der Waals surface area contributed by atoms with Gasteiger partial charge in [-0.05, 0) is 17.7 Å². The van der Waals surface area contributed by atoms with Crippen molar-refractivity contribution < 1.29 is 24.5 Å². The summed E-state index contributed by atoms with van der Waals surface area (Å²) in [6.45, 7) is 3.52. The molecule has 0 bridgehead atoms. The van der Waals surface area contributed by atoms with Gasteiger partial charge in [0.15, 0.2) is 10.8 Å². The summed E-state index contributed by atoms with van der Waals surface area (Å²) < 4.78 is 7.75. The lowest BCUT2D eigenvalue weighted by Gasteiger charge is -2.35. The van der Waals surface area contributed by atoms with Gasteiger partial charge >= 0.3 is 11.9 Å². The summed E-state index contributed by atoms with van der Waals surface area (Å²) >= 11 is 1.75. The van der Waals surface area contributed by atoms with Crippen molar-refractivity contribution in [3.63, 3.8) is 0 Å². The van der Waals surface area contributed by atoms with Crippen LogP contribution in [0, 0.1) is 0 Å². The molecule has 0 saturated carbocycles. The molecule has 1 aliphatic rings. The number of pyridine rings is 1. The minimum absolute atomic E-state index is 0.389. The molecule has 1 atom stereocenters. The molecule has 1 saturated heterocycles. The van der Waals surface area contributed by atoms with Crippen molar-refractivity contribution in [2.24, 2.45) is 0 Å². The Kier molecular flexibility index (Phi) is 8.79. The van der Waals surface area contributed by atoms with E-state index in [1.807, 2.05) is 28.8 Å². The average Bonchev–Trinajstić information content (AvgIpc) is 3.21. The lowest BCUT2D eigenvalue weighted by atomic mass is 10.1. The lowest BCUT2D eigenvalue weighted by Crippen LogP contribution is -2.46. The van der Waals surface area contributed by atoms with E-state index in [1.54, 1.807) is 11.8 Å². The Morgan fingerprint density at radius 3 is 2.50 bits per heavy atom. The van der Waals surface area contributed by atoms with E-state index in [0.29, 0.717) is 18.2 Å². The topological polar surface area (TPSA) is 117 Å². The zero-order valence-corrected chi connectivity index (χ0v) is 18.1. The maximum atomic E-state index is 9.55. The van der Waals surface area contributed by atoms with Gasteiger partial charge in [-0.3, -0.25) is 9.30 Å². The molecule has 10 heteroatoms. The molecule has 9 nitrogen and oxygen atoms in total. The second-order valence-corrected chi connectivity index (χ2v) is 7.90. The van der Waals surface area contributed by atoms with Gasteiger partial charge in [-0.1, -0.05) is 48.2 Å². The predicted molar refractivity (Wildman–Crippen MR) is 120 cm³/mol. The fraction of sp³-hybridized carbons (Fsp3) is 0.273. The van der Waals surface area contributed by atoms with Crippen LogP contribution < -0.4 is 0 Å². The second-order valence-electron chi connectivity index (χ2n) is 6.92. The van der Waals surface area contributed by atoms with Crippen LogP contribution in [0.2, 0.25) is 0 Å². The molecule has 1 fully saturated rings. The van der Waals surface area contributed by atoms with Crippen LogP contribution in [-0.2, 0) is 20.9 Å². The number of benzene rings is 1. The maximum Gasteiger partial charge on any atom is 0.328 e. The summed E-state index contributed by atoms with van der Waals surface area (Å²) in [6.07, 6.45) is 3.13. The predicted octanol–water partition coefficient (Wildman–Crippen LogP) is 2.43. The smallest absolute Gasteiger partial charge is 0.328 e. The van der Waals surface area contributed by atoms with Crippen LogP contribution in [-0.4, -0.2) is 73.2 Å². The van der Waals surface area contributed by atoms with E-state index in [2.05, 4.69) is 45.4 Å². The molecular weight excluding hydrogens is 432 g/mol. The zero-order valence-electron chi connectivity index (χ0n) is 17.3. The number of carboxylic acid groups (broad SMARTS) is 2. The Bertz CT molecular complexity index is 1040. The molecule has 0 radical (unpaired) electrons. The summed E-state index contributed by atoms with van der Waals surface area (Å²) in [5.41, 5.74) is 2.24. The van der Waals surface area contributed by atoms with E-state index >= 15 is 0 Å². The highest BCUT2D eigenvalue weighted by Gasteiger charge is 2.24. The summed E-state index contributed by atoms with van der Waals surface area (Å²) in [5, 5.41) is 25.1. The summed E-state index contributed by atoms with van der Waals surface area (Å²) in [7, 11) is 0. The minimum atomic E-state index is -1.26. The number of aromatic nitrogens is 3. The van der Waals surface area contributed by atoms with Crippen molar-refractivity contribution in [1.82, 2.24) is 19.5 Å². The van der Waals surface area contributed by atoms with Crippen LogP contribution in [0.25, 0.3) is 5.65 Å². The highest BCUT2D eigenvalue weighted by Crippen LogP contribution is 2.22. The first-order valence-corrected chi connectivity index (χ1v) is 10.9. The molecule has 2 N–H and O–H groups in total. The van der Waals surface area contributed by atoms with Crippen molar-refractivity contribution in [1.29, 1.82) is 0 Å². The summed E-state index contributed by atoms with van der Waals surface area (Å²) in [4.78, 5) is 21.6. The second kappa shape index (κ2) is 12.0. The number of nitrogens with zero attached hydrogens (tertiary/aromatic N) is 4. The molecule has 1 aromatic carbocycles. The molecule has 3 heterocycles. The van der Waals surface area contributed by atoms with Gasteiger partial charge in [0, 0.05) is 43.2 Å². The van der Waals surface area contributed by atoms with Crippen LogP contribution >= 0.6 is 11.8 Å². The molecule has 2 aromatic heterocycles. The molecule has 0 amide bonds. The number of ether oxygens (including phenoxy) is 1. The Labute approximate surface area is 189 Å². The third-order valence-electron chi connectivity index (χ3n) is 4.63. The van der Waals surface area contributed by atoms with Crippen LogP contribution in [0.5, 0.6) is 0 Å².